The van der Waals surface area contributed by atoms with Gasteiger partial charge in [0.05, 0.1) is 5.75 Å². The molecule has 2 nitrogen and oxygen atoms in total. The molecule has 1 fully saturated rings. The second kappa shape index (κ2) is 5.67. The second-order valence-electron chi connectivity index (χ2n) is 4.68. The van der Waals surface area contributed by atoms with Crippen molar-refractivity contribution in [3.63, 3.8) is 0 Å². The van der Waals surface area contributed by atoms with Crippen LogP contribution in [-0.4, -0.2) is 25.3 Å². The molecule has 0 aromatic carbocycles. The largest absolute Gasteiger partial charge is 0.229 e. The van der Waals surface area contributed by atoms with Crippen molar-refractivity contribution in [3.05, 3.63) is 0 Å². The van der Waals surface area contributed by atoms with Crippen LogP contribution in [0.1, 0.15) is 45.4 Å². The van der Waals surface area contributed by atoms with Crippen molar-refractivity contribution in [2.24, 2.45) is 5.41 Å². The topological polar surface area (TPSA) is 34.1 Å². The van der Waals surface area contributed by atoms with Crippen molar-refractivity contribution < 1.29 is 8.42 Å². The van der Waals surface area contributed by atoms with Crippen molar-refractivity contribution in [2.75, 3.05) is 16.8 Å². The molecule has 0 bridgehead atoms. The molecule has 0 N–H and O–H groups in total. The Kier molecular flexibility index (Phi) is 5.10. The molecule has 1 aliphatic carbocycles. The van der Waals surface area contributed by atoms with Crippen LogP contribution in [0.15, 0.2) is 0 Å². The number of sulfone groups is 1. The fourth-order valence-corrected chi connectivity index (χ4v) is 4.14. The predicted octanol–water partition coefficient (Wildman–Crippen LogP) is 3.16. The number of rotatable bonds is 5. The van der Waals surface area contributed by atoms with Crippen molar-refractivity contribution >= 4 is 25.8 Å². The summed E-state index contributed by atoms with van der Waals surface area (Å²) in [5.74, 6) is 0.653. The van der Waals surface area contributed by atoms with E-state index >= 15 is 0 Å². The molecule has 1 saturated carbocycles. The summed E-state index contributed by atoms with van der Waals surface area (Å²) in [5, 5.41) is 0.958. The van der Waals surface area contributed by atoms with Gasteiger partial charge in [0.25, 0.3) is 0 Å². The Morgan fingerprint density at radius 2 is 1.80 bits per heavy atom. The van der Waals surface area contributed by atoms with Crippen LogP contribution in [0.2, 0.25) is 0 Å². The van der Waals surface area contributed by atoms with Crippen LogP contribution >= 0.6 is 15.9 Å². The molecule has 15 heavy (non-hydrogen) atoms. The van der Waals surface area contributed by atoms with E-state index in [2.05, 4.69) is 15.9 Å². The first-order chi connectivity index (χ1) is 7.04. The summed E-state index contributed by atoms with van der Waals surface area (Å²) in [6.45, 7) is 1.73. The minimum Gasteiger partial charge on any atom is -0.229 e. The summed E-state index contributed by atoms with van der Waals surface area (Å²) in [6.07, 6.45) is 7.06. The molecule has 0 aliphatic heterocycles. The first-order valence-electron chi connectivity index (χ1n) is 5.80. The van der Waals surface area contributed by atoms with Gasteiger partial charge >= 0.3 is 0 Å². The fraction of sp³-hybridized carbons (Fsp3) is 1.00. The third-order valence-corrected chi connectivity index (χ3v) is 6.48. The minimum absolute atomic E-state index is 0.264. The van der Waals surface area contributed by atoms with Crippen molar-refractivity contribution in [1.29, 1.82) is 0 Å². The number of hydrogen-bond acceptors (Lipinski definition) is 2. The Labute approximate surface area is 102 Å². The van der Waals surface area contributed by atoms with Gasteiger partial charge in [0.15, 0.2) is 0 Å². The average Bonchev–Trinajstić information content (AvgIpc) is 2.28. The molecule has 0 amide bonds. The van der Waals surface area contributed by atoms with Crippen LogP contribution < -0.4 is 0 Å². The van der Waals surface area contributed by atoms with Crippen LogP contribution in [0.5, 0.6) is 0 Å². The molecule has 90 valence electrons. The van der Waals surface area contributed by atoms with Gasteiger partial charge in [0, 0.05) is 11.1 Å². The normalized spacial score (nSPS) is 21.5. The summed E-state index contributed by atoms with van der Waals surface area (Å²) in [5.41, 5.74) is 0.264. The number of hydrogen-bond donors (Lipinski definition) is 0. The molecule has 1 rings (SSSR count). The summed E-state index contributed by atoms with van der Waals surface area (Å²) in [4.78, 5) is 0. The Morgan fingerprint density at radius 1 is 1.20 bits per heavy atom. The molecule has 0 spiro atoms. The molecule has 0 unspecified atom stereocenters. The van der Waals surface area contributed by atoms with Gasteiger partial charge < -0.3 is 0 Å². The van der Waals surface area contributed by atoms with Crippen LogP contribution in [0.3, 0.4) is 0 Å². The monoisotopic (exact) mass is 296 g/mol. The third kappa shape index (κ3) is 4.06. The Bertz CT molecular complexity index is 279. The lowest BCUT2D eigenvalue weighted by atomic mass is 9.74. The molecule has 0 saturated heterocycles. The molecule has 0 heterocycles. The van der Waals surface area contributed by atoms with Gasteiger partial charge in [0.2, 0.25) is 0 Å². The first-order valence-corrected chi connectivity index (χ1v) is 8.74. The van der Waals surface area contributed by atoms with E-state index < -0.39 is 9.84 Å². The lowest BCUT2D eigenvalue weighted by Crippen LogP contribution is -2.29. The Balaban J connectivity index is 2.53. The zero-order valence-electron chi connectivity index (χ0n) is 9.47. The SMILES string of the molecule is CCS(=O)(=O)CCC1(CBr)CCCCC1. The van der Waals surface area contributed by atoms with Crippen molar-refractivity contribution in [1.82, 2.24) is 0 Å². The molecular weight excluding hydrogens is 276 g/mol. The van der Waals surface area contributed by atoms with E-state index in [4.69, 9.17) is 0 Å². The molecule has 0 aromatic heterocycles. The molecule has 0 radical (unpaired) electrons. The van der Waals surface area contributed by atoms with Crippen molar-refractivity contribution in [3.8, 4) is 0 Å². The zero-order chi connectivity index (χ0) is 11.4. The maximum Gasteiger partial charge on any atom is 0.150 e. The van der Waals surface area contributed by atoms with E-state index in [1.54, 1.807) is 6.92 Å². The van der Waals surface area contributed by atoms with E-state index in [-0.39, 0.29) is 11.2 Å². The lowest BCUT2D eigenvalue weighted by Gasteiger charge is -2.35. The standard InChI is InChI=1S/C11H21BrO2S/c1-2-15(13,14)9-8-11(10-12)6-4-3-5-7-11/h2-10H2,1H3. The van der Waals surface area contributed by atoms with Gasteiger partial charge in [-0.3, -0.25) is 0 Å². The highest BCUT2D eigenvalue weighted by Crippen LogP contribution is 2.40. The highest BCUT2D eigenvalue weighted by Gasteiger charge is 2.31. The Morgan fingerprint density at radius 3 is 2.27 bits per heavy atom. The van der Waals surface area contributed by atoms with E-state index in [9.17, 15) is 8.42 Å². The minimum atomic E-state index is -2.79. The summed E-state index contributed by atoms with van der Waals surface area (Å²) in [6, 6.07) is 0. The van der Waals surface area contributed by atoms with E-state index in [0.717, 1.165) is 11.8 Å². The zero-order valence-corrected chi connectivity index (χ0v) is 11.9. The Hall–Kier alpha value is 0.430. The molecule has 0 aromatic rings. The number of halogens is 1. The van der Waals surface area contributed by atoms with Crippen LogP contribution in [-0.2, 0) is 9.84 Å². The summed E-state index contributed by atoms with van der Waals surface area (Å²) in [7, 11) is -2.79. The number of alkyl halides is 1. The smallest absolute Gasteiger partial charge is 0.150 e. The fourth-order valence-electron chi connectivity index (χ4n) is 2.27. The quantitative estimate of drug-likeness (QED) is 0.731. The highest BCUT2D eigenvalue weighted by molar-refractivity contribution is 9.09. The highest BCUT2D eigenvalue weighted by atomic mass is 79.9. The molecule has 0 atom stereocenters. The molecule has 4 heteroatoms. The third-order valence-electron chi connectivity index (χ3n) is 3.58. The van der Waals surface area contributed by atoms with Crippen LogP contribution in [0, 0.1) is 5.41 Å². The molecule has 1 aliphatic rings. The van der Waals surface area contributed by atoms with Gasteiger partial charge in [-0.1, -0.05) is 42.1 Å². The van der Waals surface area contributed by atoms with Crippen LogP contribution in [0.25, 0.3) is 0 Å². The summed E-state index contributed by atoms with van der Waals surface area (Å²) >= 11 is 3.56. The average molecular weight is 297 g/mol. The van der Waals surface area contributed by atoms with Gasteiger partial charge in [-0.25, -0.2) is 8.42 Å². The van der Waals surface area contributed by atoms with Gasteiger partial charge in [-0.15, -0.1) is 0 Å². The molecular formula is C11H21BrO2S. The van der Waals surface area contributed by atoms with Gasteiger partial charge in [-0.05, 0) is 24.7 Å². The van der Waals surface area contributed by atoms with Gasteiger partial charge in [-0.2, -0.15) is 0 Å². The maximum absolute atomic E-state index is 11.5. The van der Waals surface area contributed by atoms with Gasteiger partial charge in [0.1, 0.15) is 9.84 Å². The summed E-state index contributed by atoms with van der Waals surface area (Å²) < 4.78 is 23.0. The van der Waals surface area contributed by atoms with E-state index in [1.807, 2.05) is 0 Å². The van der Waals surface area contributed by atoms with E-state index in [1.165, 1.54) is 32.1 Å². The first kappa shape index (κ1) is 13.5. The second-order valence-corrected chi connectivity index (χ2v) is 7.71. The van der Waals surface area contributed by atoms with Crippen molar-refractivity contribution in [2.45, 2.75) is 45.4 Å². The maximum atomic E-state index is 11.5. The van der Waals surface area contributed by atoms with Crippen LogP contribution in [0.4, 0.5) is 0 Å². The van der Waals surface area contributed by atoms with E-state index in [0.29, 0.717) is 5.75 Å². The lowest BCUT2D eigenvalue weighted by molar-refractivity contribution is 0.217. The predicted molar refractivity (Wildman–Crippen MR) is 68.3 cm³/mol.